The molecule has 0 unspecified atom stereocenters. The van der Waals surface area contributed by atoms with Gasteiger partial charge < -0.3 is 0 Å². The molecule has 0 aliphatic heterocycles. The lowest BCUT2D eigenvalue weighted by Crippen LogP contribution is -1.94. The summed E-state index contributed by atoms with van der Waals surface area (Å²) in [4.78, 5) is 0. The van der Waals surface area contributed by atoms with Gasteiger partial charge in [0.2, 0.25) is 0 Å². The third kappa shape index (κ3) is 1.56. The Hall–Kier alpha value is -0.790. The summed E-state index contributed by atoms with van der Waals surface area (Å²) in [5.41, 5.74) is 1.28. The van der Waals surface area contributed by atoms with Gasteiger partial charge in [0.15, 0.2) is 0 Å². The molecule has 0 fully saturated rings. The van der Waals surface area contributed by atoms with Crippen LogP contribution in [0.4, 0.5) is 0 Å². The number of rotatable bonds is 1. The van der Waals surface area contributed by atoms with Crippen LogP contribution in [-0.2, 0) is 13.5 Å². The van der Waals surface area contributed by atoms with Gasteiger partial charge in [0.25, 0.3) is 0 Å². The van der Waals surface area contributed by atoms with E-state index in [0.717, 1.165) is 6.42 Å². The molecule has 1 heterocycles. The van der Waals surface area contributed by atoms with Crippen molar-refractivity contribution in [3.63, 3.8) is 0 Å². The number of hydrogen-bond acceptors (Lipinski definition) is 1. The first kappa shape index (κ1) is 8.21. The van der Waals surface area contributed by atoms with Gasteiger partial charge in [-0.25, -0.2) is 0 Å². The maximum Gasteiger partial charge on any atom is 0.0492 e. The standard InChI is InChI=1S/C6H10N2.CH4/c1-3-6-4-5-7-8(6)2;/h4-5H,3H2,1-2H3;1H4. The van der Waals surface area contributed by atoms with Crippen molar-refractivity contribution < 1.29 is 0 Å². The highest BCUT2D eigenvalue weighted by atomic mass is 15.2. The van der Waals surface area contributed by atoms with Crippen LogP contribution in [0.25, 0.3) is 0 Å². The molecule has 0 amide bonds. The zero-order chi connectivity index (χ0) is 5.98. The molecule has 1 rings (SSSR count). The maximum absolute atomic E-state index is 4.00. The summed E-state index contributed by atoms with van der Waals surface area (Å²) in [6.07, 6.45) is 2.88. The molecule has 52 valence electrons. The summed E-state index contributed by atoms with van der Waals surface area (Å²) in [7, 11) is 1.96. The summed E-state index contributed by atoms with van der Waals surface area (Å²) >= 11 is 0. The molecule has 2 nitrogen and oxygen atoms in total. The van der Waals surface area contributed by atoms with Gasteiger partial charge in [-0.1, -0.05) is 14.4 Å². The lowest BCUT2D eigenvalue weighted by atomic mass is 10.3. The summed E-state index contributed by atoms with van der Waals surface area (Å²) < 4.78 is 1.89. The monoisotopic (exact) mass is 126 g/mol. The van der Waals surface area contributed by atoms with Crippen LogP contribution in [0.5, 0.6) is 0 Å². The predicted molar refractivity (Wildman–Crippen MR) is 39.3 cm³/mol. The normalized spacial score (nSPS) is 8.67. The highest BCUT2D eigenvalue weighted by molar-refractivity contribution is 4.98. The first-order chi connectivity index (χ1) is 3.84. The van der Waals surface area contributed by atoms with Crippen LogP contribution < -0.4 is 0 Å². The average Bonchev–Trinajstić information content (AvgIpc) is 2.14. The molecule has 2 heteroatoms. The minimum Gasteiger partial charge on any atom is -0.273 e. The third-order valence-corrected chi connectivity index (χ3v) is 1.28. The quantitative estimate of drug-likeness (QED) is 0.559. The van der Waals surface area contributed by atoms with Crippen molar-refractivity contribution in [3.05, 3.63) is 18.0 Å². The smallest absolute Gasteiger partial charge is 0.0492 e. The van der Waals surface area contributed by atoms with Crippen molar-refractivity contribution in [1.29, 1.82) is 0 Å². The van der Waals surface area contributed by atoms with E-state index in [0.29, 0.717) is 0 Å². The fourth-order valence-electron chi connectivity index (χ4n) is 0.748. The molecule has 0 saturated carbocycles. The van der Waals surface area contributed by atoms with Crippen LogP contribution in [0, 0.1) is 0 Å². The first-order valence-electron chi connectivity index (χ1n) is 2.81. The lowest BCUT2D eigenvalue weighted by molar-refractivity contribution is 0.718. The zero-order valence-corrected chi connectivity index (χ0v) is 5.26. The highest BCUT2D eigenvalue weighted by Gasteiger charge is 1.90. The second-order valence-electron chi connectivity index (χ2n) is 1.80. The van der Waals surface area contributed by atoms with Crippen molar-refractivity contribution in [1.82, 2.24) is 9.78 Å². The van der Waals surface area contributed by atoms with E-state index in [1.165, 1.54) is 5.69 Å². The Morgan fingerprint density at radius 3 is 2.56 bits per heavy atom. The molecule has 0 spiro atoms. The number of hydrogen-bond donors (Lipinski definition) is 0. The van der Waals surface area contributed by atoms with Crippen molar-refractivity contribution >= 4 is 0 Å². The minimum atomic E-state index is 0. The van der Waals surface area contributed by atoms with E-state index in [1.54, 1.807) is 0 Å². The Balaban J connectivity index is 0.000000640. The van der Waals surface area contributed by atoms with Crippen LogP contribution in [0.1, 0.15) is 20.0 Å². The Bertz CT molecular complexity index is 167. The molecule has 0 atom stereocenters. The molecule has 0 aliphatic rings. The Kier molecular flexibility index (Phi) is 2.99. The fourth-order valence-corrected chi connectivity index (χ4v) is 0.748. The Morgan fingerprint density at radius 2 is 2.33 bits per heavy atom. The van der Waals surface area contributed by atoms with Gasteiger partial charge in [0.1, 0.15) is 0 Å². The van der Waals surface area contributed by atoms with E-state index in [-0.39, 0.29) is 7.43 Å². The lowest BCUT2D eigenvalue weighted by Gasteiger charge is -1.92. The number of nitrogens with zero attached hydrogens (tertiary/aromatic N) is 2. The van der Waals surface area contributed by atoms with Crippen LogP contribution in [0.2, 0.25) is 0 Å². The van der Waals surface area contributed by atoms with Gasteiger partial charge in [-0.15, -0.1) is 0 Å². The molecule has 0 radical (unpaired) electrons. The number of aromatic nitrogens is 2. The van der Waals surface area contributed by atoms with Gasteiger partial charge in [-0.05, 0) is 12.5 Å². The minimum absolute atomic E-state index is 0. The van der Waals surface area contributed by atoms with E-state index in [9.17, 15) is 0 Å². The van der Waals surface area contributed by atoms with Gasteiger partial charge in [-0.3, -0.25) is 4.68 Å². The van der Waals surface area contributed by atoms with E-state index >= 15 is 0 Å². The third-order valence-electron chi connectivity index (χ3n) is 1.28. The highest BCUT2D eigenvalue weighted by Crippen LogP contribution is 1.94. The molecule has 1 aromatic rings. The van der Waals surface area contributed by atoms with Crippen molar-refractivity contribution in [2.75, 3.05) is 0 Å². The van der Waals surface area contributed by atoms with Crippen LogP contribution in [-0.4, -0.2) is 9.78 Å². The van der Waals surface area contributed by atoms with E-state index < -0.39 is 0 Å². The van der Waals surface area contributed by atoms with Crippen molar-refractivity contribution in [3.8, 4) is 0 Å². The molecule has 0 aromatic carbocycles. The molecule has 0 N–H and O–H groups in total. The van der Waals surface area contributed by atoms with Gasteiger partial charge in [0.05, 0.1) is 0 Å². The van der Waals surface area contributed by atoms with Crippen LogP contribution in [0.15, 0.2) is 12.3 Å². The Labute approximate surface area is 56.5 Å². The van der Waals surface area contributed by atoms with E-state index in [4.69, 9.17) is 0 Å². The average molecular weight is 126 g/mol. The van der Waals surface area contributed by atoms with E-state index in [2.05, 4.69) is 12.0 Å². The van der Waals surface area contributed by atoms with Gasteiger partial charge >= 0.3 is 0 Å². The van der Waals surface area contributed by atoms with Crippen LogP contribution in [0.3, 0.4) is 0 Å². The first-order valence-corrected chi connectivity index (χ1v) is 2.81. The molecule has 0 aliphatic carbocycles. The molecule has 0 saturated heterocycles. The summed E-state index contributed by atoms with van der Waals surface area (Å²) in [5, 5.41) is 4.00. The largest absolute Gasteiger partial charge is 0.273 e. The van der Waals surface area contributed by atoms with Gasteiger partial charge in [-0.2, -0.15) is 5.10 Å². The maximum atomic E-state index is 4.00. The van der Waals surface area contributed by atoms with Gasteiger partial charge in [0, 0.05) is 18.9 Å². The van der Waals surface area contributed by atoms with Crippen LogP contribution >= 0.6 is 0 Å². The molecular weight excluding hydrogens is 112 g/mol. The Morgan fingerprint density at radius 1 is 1.67 bits per heavy atom. The van der Waals surface area contributed by atoms with Crippen molar-refractivity contribution in [2.45, 2.75) is 20.8 Å². The second kappa shape index (κ2) is 3.28. The SMILES string of the molecule is C.CCc1ccnn1C. The molecular formula is C7H14N2. The summed E-state index contributed by atoms with van der Waals surface area (Å²) in [6.45, 7) is 2.12. The summed E-state index contributed by atoms with van der Waals surface area (Å²) in [5.74, 6) is 0. The fraction of sp³-hybridized carbons (Fsp3) is 0.571. The zero-order valence-electron chi connectivity index (χ0n) is 5.26. The van der Waals surface area contributed by atoms with Crippen molar-refractivity contribution in [2.24, 2.45) is 7.05 Å². The molecule has 9 heavy (non-hydrogen) atoms. The second-order valence-corrected chi connectivity index (χ2v) is 1.80. The topological polar surface area (TPSA) is 17.8 Å². The molecule has 1 aromatic heterocycles. The molecule has 0 bridgehead atoms. The summed E-state index contributed by atoms with van der Waals surface area (Å²) in [6, 6.07) is 2.03. The predicted octanol–water partition coefficient (Wildman–Crippen LogP) is 1.62. The number of aryl methyl sites for hydroxylation is 2. The van der Waals surface area contributed by atoms with E-state index in [1.807, 2.05) is 24.0 Å².